The van der Waals surface area contributed by atoms with Crippen molar-refractivity contribution in [3.63, 3.8) is 0 Å². The van der Waals surface area contributed by atoms with E-state index in [1.165, 1.54) is 12.1 Å². The van der Waals surface area contributed by atoms with Gasteiger partial charge in [0, 0.05) is 5.56 Å². The third-order valence-electron chi connectivity index (χ3n) is 1.95. The van der Waals surface area contributed by atoms with Crippen LogP contribution in [-0.4, -0.2) is 17.2 Å². The van der Waals surface area contributed by atoms with Gasteiger partial charge in [-0.3, -0.25) is 5.32 Å². The van der Waals surface area contributed by atoms with E-state index in [1.54, 1.807) is 6.07 Å². The highest BCUT2D eigenvalue weighted by molar-refractivity contribution is 5.91. The minimum Gasteiger partial charge on any atom is -0.478 e. The number of carboxylic acids is 1. The van der Waals surface area contributed by atoms with Crippen molar-refractivity contribution in [2.75, 3.05) is 5.32 Å². The summed E-state index contributed by atoms with van der Waals surface area (Å²) in [6, 6.07) is 4.48. The van der Waals surface area contributed by atoms with Crippen LogP contribution in [0.15, 0.2) is 18.2 Å². The highest BCUT2D eigenvalue weighted by Gasteiger charge is 2.16. The molecule has 5 nitrogen and oxygen atoms in total. The maximum atomic E-state index is 10.8. The van der Waals surface area contributed by atoms with Crippen LogP contribution in [0.25, 0.3) is 0 Å². The van der Waals surface area contributed by atoms with Crippen molar-refractivity contribution in [3.05, 3.63) is 29.3 Å². The number of hydrogen-bond donors (Lipinski definition) is 2. The molecule has 5 heteroatoms. The monoisotopic (exact) mass is 193 g/mol. The smallest absolute Gasteiger partial charge is 0.411 e. The van der Waals surface area contributed by atoms with Gasteiger partial charge in [0.2, 0.25) is 0 Å². The molecule has 2 rings (SSSR count). The van der Waals surface area contributed by atoms with Crippen molar-refractivity contribution in [2.45, 2.75) is 6.61 Å². The summed E-state index contributed by atoms with van der Waals surface area (Å²) in [6.45, 7) is 0.113. The Labute approximate surface area is 79.3 Å². The average molecular weight is 193 g/mol. The van der Waals surface area contributed by atoms with Gasteiger partial charge < -0.3 is 9.84 Å². The van der Waals surface area contributed by atoms with Gasteiger partial charge in [-0.05, 0) is 18.2 Å². The normalized spacial score (nSPS) is 13.9. The number of carbonyl (C=O) groups is 2. The molecule has 2 N–H and O–H groups in total. The number of aromatic carboxylic acids is 1. The van der Waals surface area contributed by atoms with E-state index in [2.05, 4.69) is 5.32 Å². The maximum absolute atomic E-state index is 10.8. The van der Waals surface area contributed by atoms with E-state index in [4.69, 9.17) is 9.84 Å². The molecule has 0 saturated carbocycles. The molecule has 0 radical (unpaired) electrons. The van der Waals surface area contributed by atoms with E-state index < -0.39 is 12.1 Å². The molecule has 0 fully saturated rings. The fourth-order valence-corrected chi connectivity index (χ4v) is 1.26. The zero-order valence-corrected chi connectivity index (χ0v) is 7.11. The molecule has 0 spiro atoms. The van der Waals surface area contributed by atoms with Crippen molar-refractivity contribution >= 4 is 17.7 Å². The minimum absolute atomic E-state index is 0.113. The Balaban J connectivity index is 2.41. The van der Waals surface area contributed by atoms with Crippen molar-refractivity contribution in [2.24, 2.45) is 0 Å². The van der Waals surface area contributed by atoms with Crippen LogP contribution in [0.4, 0.5) is 10.5 Å². The Morgan fingerprint density at radius 1 is 1.50 bits per heavy atom. The number of ether oxygens (including phenoxy) is 1. The number of anilines is 1. The van der Waals surface area contributed by atoms with E-state index >= 15 is 0 Å². The third-order valence-corrected chi connectivity index (χ3v) is 1.95. The van der Waals surface area contributed by atoms with Gasteiger partial charge in [0.25, 0.3) is 0 Å². The van der Waals surface area contributed by atoms with E-state index in [9.17, 15) is 9.59 Å². The molecule has 72 valence electrons. The van der Waals surface area contributed by atoms with E-state index in [0.29, 0.717) is 11.3 Å². The van der Waals surface area contributed by atoms with Crippen LogP contribution in [0.3, 0.4) is 0 Å². The highest BCUT2D eigenvalue weighted by atomic mass is 16.5. The SMILES string of the molecule is O=C1Nc2ccc(C(=O)O)cc2CO1. The lowest BCUT2D eigenvalue weighted by Crippen LogP contribution is -2.20. The quantitative estimate of drug-likeness (QED) is 0.707. The predicted octanol–water partition coefficient (Wildman–Crippen LogP) is 1.45. The molecule has 1 aromatic rings. The summed E-state index contributed by atoms with van der Waals surface area (Å²) in [5.74, 6) is -0.996. The molecular formula is C9H7NO4. The summed E-state index contributed by atoms with van der Waals surface area (Å²) in [7, 11) is 0. The summed E-state index contributed by atoms with van der Waals surface area (Å²) < 4.78 is 4.70. The van der Waals surface area contributed by atoms with Crippen LogP contribution >= 0.6 is 0 Å². The zero-order valence-electron chi connectivity index (χ0n) is 7.11. The number of carbonyl (C=O) groups excluding carboxylic acids is 1. The summed E-state index contributed by atoms with van der Waals surface area (Å²) in [4.78, 5) is 21.4. The largest absolute Gasteiger partial charge is 0.478 e. The highest BCUT2D eigenvalue weighted by Crippen LogP contribution is 2.22. The fraction of sp³-hybridized carbons (Fsp3) is 0.111. The van der Waals surface area contributed by atoms with Gasteiger partial charge >= 0.3 is 12.1 Å². The van der Waals surface area contributed by atoms with Gasteiger partial charge in [-0.25, -0.2) is 9.59 Å². The molecule has 0 aliphatic carbocycles. The fourth-order valence-electron chi connectivity index (χ4n) is 1.26. The van der Waals surface area contributed by atoms with Crippen LogP contribution in [0.5, 0.6) is 0 Å². The van der Waals surface area contributed by atoms with E-state index in [-0.39, 0.29) is 12.2 Å². The lowest BCUT2D eigenvalue weighted by atomic mass is 10.1. The summed E-state index contributed by atoms with van der Waals surface area (Å²) >= 11 is 0. The number of carboxylic acid groups (broad SMARTS) is 1. The molecule has 0 atom stereocenters. The molecule has 0 unspecified atom stereocenters. The molecule has 0 bridgehead atoms. The van der Waals surface area contributed by atoms with Gasteiger partial charge in [0.15, 0.2) is 0 Å². The van der Waals surface area contributed by atoms with Crippen LogP contribution in [0, 0.1) is 0 Å². The van der Waals surface area contributed by atoms with Crippen LogP contribution in [0.1, 0.15) is 15.9 Å². The third kappa shape index (κ3) is 1.39. The van der Waals surface area contributed by atoms with E-state index in [0.717, 1.165) is 0 Å². The second-order valence-electron chi connectivity index (χ2n) is 2.88. The van der Waals surface area contributed by atoms with Crippen molar-refractivity contribution in [1.82, 2.24) is 0 Å². The van der Waals surface area contributed by atoms with Crippen molar-refractivity contribution in [1.29, 1.82) is 0 Å². The molecule has 0 aromatic heterocycles. The lowest BCUT2D eigenvalue weighted by molar-refractivity contribution is 0.0696. The van der Waals surface area contributed by atoms with Gasteiger partial charge in [0.05, 0.1) is 11.3 Å². The molecule has 14 heavy (non-hydrogen) atoms. The number of benzene rings is 1. The summed E-state index contributed by atoms with van der Waals surface area (Å²) in [5.41, 5.74) is 1.46. The number of fused-ring (bicyclic) bond motifs is 1. The average Bonchev–Trinajstić information content (AvgIpc) is 2.16. The summed E-state index contributed by atoms with van der Waals surface area (Å²) in [5, 5.41) is 11.2. The molecule has 1 aliphatic rings. The Bertz CT molecular complexity index is 413. The number of cyclic esters (lactones) is 1. The first kappa shape index (κ1) is 8.55. The van der Waals surface area contributed by atoms with Crippen LogP contribution < -0.4 is 5.32 Å². The standard InChI is InChI=1S/C9H7NO4/c11-8(12)5-1-2-7-6(3-5)4-14-9(13)10-7/h1-3H,4H2,(H,10,13)(H,11,12). The maximum Gasteiger partial charge on any atom is 0.411 e. The van der Waals surface area contributed by atoms with Gasteiger partial charge in [0.1, 0.15) is 6.61 Å². The Hall–Kier alpha value is -2.04. The zero-order chi connectivity index (χ0) is 10.1. The Morgan fingerprint density at radius 3 is 3.00 bits per heavy atom. The van der Waals surface area contributed by atoms with Gasteiger partial charge in [-0.1, -0.05) is 0 Å². The first-order valence-electron chi connectivity index (χ1n) is 3.97. The number of rotatable bonds is 1. The van der Waals surface area contributed by atoms with Crippen LogP contribution in [0.2, 0.25) is 0 Å². The van der Waals surface area contributed by atoms with Gasteiger partial charge in [-0.2, -0.15) is 0 Å². The second-order valence-corrected chi connectivity index (χ2v) is 2.88. The molecule has 1 amide bonds. The molecule has 1 aliphatic heterocycles. The lowest BCUT2D eigenvalue weighted by Gasteiger charge is -2.17. The Morgan fingerprint density at radius 2 is 2.29 bits per heavy atom. The summed E-state index contributed by atoms with van der Waals surface area (Å²) in [6.07, 6.45) is -0.513. The number of hydrogen-bond acceptors (Lipinski definition) is 3. The molecule has 1 aromatic carbocycles. The molecule has 1 heterocycles. The second kappa shape index (κ2) is 3.02. The van der Waals surface area contributed by atoms with Crippen molar-refractivity contribution in [3.8, 4) is 0 Å². The number of nitrogens with one attached hydrogen (secondary N) is 1. The van der Waals surface area contributed by atoms with E-state index in [1.807, 2.05) is 0 Å². The number of amides is 1. The predicted molar refractivity (Wildman–Crippen MR) is 47.2 cm³/mol. The first-order valence-corrected chi connectivity index (χ1v) is 3.97. The van der Waals surface area contributed by atoms with Gasteiger partial charge in [-0.15, -0.1) is 0 Å². The first-order chi connectivity index (χ1) is 6.66. The van der Waals surface area contributed by atoms with Crippen LogP contribution in [-0.2, 0) is 11.3 Å². The molecular weight excluding hydrogens is 186 g/mol. The molecule has 0 saturated heterocycles. The Kier molecular flexibility index (Phi) is 1.85. The minimum atomic E-state index is -0.996. The van der Waals surface area contributed by atoms with Crippen molar-refractivity contribution < 1.29 is 19.4 Å². The topological polar surface area (TPSA) is 75.6 Å².